The lowest BCUT2D eigenvalue weighted by atomic mass is 9.76. The van der Waals surface area contributed by atoms with Gasteiger partial charge in [0.05, 0.1) is 21.2 Å². The molecule has 0 saturated carbocycles. The van der Waals surface area contributed by atoms with Gasteiger partial charge in [-0.05, 0) is 121 Å². The van der Waals surface area contributed by atoms with Gasteiger partial charge >= 0.3 is 13.2 Å². The lowest BCUT2D eigenvalue weighted by Gasteiger charge is -2.36. The molecular weight excluding hydrogens is 624 g/mol. The van der Waals surface area contributed by atoms with Crippen molar-refractivity contribution >= 4 is 41.9 Å². The summed E-state index contributed by atoms with van der Waals surface area (Å²) in [6.07, 6.45) is -0.298. The van der Waals surface area contributed by atoms with Crippen LogP contribution in [0.2, 0.25) is 10.0 Å². The van der Waals surface area contributed by atoms with E-state index in [1.165, 1.54) is 4.90 Å². The van der Waals surface area contributed by atoms with E-state index in [0.29, 0.717) is 41.1 Å². The van der Waals surface area contributed by atoms with E-state index in [4.69, 9.17) is 42.0 Å². The Kier molecular flexibility index (Phi) is 11.0. The Bertz CT molecular complexity index is 1500. The second kappa shape index (κ2) is 14.1. The smallest absolute Gasteiger partial charge is 0.490 e. The van der Waals surface area contributed by atoms with Crippen molar-refractivity contribution in [1.82, 2.24) is 4.90 Å². The molecule has 3 aromatic rings. The normalized spacial score (nSPS) is 16.3. The molecule has 1 heterocycles. The van der Waals surface area contributed by atoms with Gasteiger partial charge in [0.15, 0.2) is 5.75 Å². The molecule has 0 aliphatic carbocycles. The Morgan fingerprint density at radius 1 is 0.913 bits per heavy atom. The van der Waals surface area contributed by atoms with Crippen molar-refractivity contribution in [2.45, 2.75) is 91.4 Å². The summed E-state index contributed by atoms with van der Waals surface area (Å²) in [5.74, 6) is 1.06. The number of rotatable bonds is 11. The Morgan fingerprint density at radius 2 is 1.48 bits per heavy atom. The second-order valence-electron chi connectivity index (χ2n) is 14.1. The van der Waals surface area contributed by atoms with Gasteiger partial charge in [-0.3, -0.25) is 0 Å². The van der Waals surface area contributed by atoms with Crippen molar-refractivity contribution < 1.29 is 28.7 Å². The van der Waals surface area contributed by atoms with Crippen LogP contribution in [0.5, 0.6) is 11.5 Å². The van der Waals surface area contributed by atoms with Gasteiger partial charge in [-0.2, -0.15) is 0 Å². The fraction of sp³-hybridized carbons (Fsp3) is 0.472. The molecule has 0 spiro atoms. The number of aryl methyl sites for hydroxylation is 2. The first kappa shape index (κ1) is 35.9. The van der Waals surface area contributed by atoms with Gasteiger partial charge < -0.3 is 28.8 Å². The monoisotopic (exact) mass is 669 g/mol. The molecule has 1 unspecified atom stereocenters. The highest BCUT2D eigenvalue weighted by molar-refractivity contribution is 6.62. The number of carbonyl (C=O) groups is 1. The van der Waals surface area contributed by atoms with Crippen molar-refractivity contribution in [3.63, 3.8) is 0 Å². The second-order valence-corrected chi connectivity index (χ2v) is 14.9. The van der Waals surface area contributed by atoms with E-state index in [1.54, 1.807) is 0 Å². The van der Waals surface area contributed by atoms with Gasteiger partial charge in [-0.15, -0.1) is 0 Å². The maximum atomic E-state index is 12.4. The molecule has 0 bridgehead atoms. The summed E-state index contributed by atoms with van der Waals surface area (Å²) in [5, 5.41) is 11.1. The number of amides is 1. The Hall–Kier alpha value is -2.91. The first-order valence-corrected chi connectivity index (χ1v) is 16.4. The molecule has 1 fully saturated rings. The van der Waals surface area contributed by atoms with Gasteiger partial charge in [-0.25, -0.2) is 4.79 Å². The summed E-state index contributed by atoms with van der Waals surface area (Å²) >= 11 is 12.6. The van der Waals surface area contributed by atoms with E-state index in [-0.39, 0.29) is 12.5 Å². The number of ether oxygens (including phenoxy) is 2. The van der Waals surface area contributed by atoms with Crippen LogP contribution in [0.1, 0.15) is 76.6 Å². The Morgan fingerprint density at radius 3 is 2.00 bits per heavy atom. The van der Waals surface area contributed by atoms with Crippen LogP contribution >= 0.6 is 23.2 Å². The van der Waals surface area contributed by atoms with Crippen LogP contribution in [0.3, 0.4) is 0 Å². The fourth-order valence-electron chi connectivity index (χ4n) is 5.55. The van der Waals surface area contributed by atoms with Crippen molar-refractivity contribution in [3.8, 4) is 11.5 Å². The Labute approximate surface area is 284 Å². The third kappa shape index (κ3) is 8.51. The average molecular weight is 670 g/mol. The van der Waals surface area contributed by atoms with E-state index >= 15 is 0 Å². The number of carboxylic acid groups (broad SMARTS) is 1. The van der Waals surface area contributed by atoms with E-state index in [9.17, 15) is 9.90 Å². The summed E-state index contributed by atoms with van der Waals surface area (Å²) in [6, 6.07) is 17.7. The van der Waals surface area contributed by atoms with E-state index in [0.717, 1.165) is 27.7 Å². The molecule has 1 amide bonds. The van der Waals surface area contributed by atoms with Crippen LogP contribution in [0.25, 0.3) is 0 Å². The standard InChI is InChI=1S/C36H46BCl2NO6/c1-23-18-30(38)32(31(39)19-23)44-17-16-43-28-13-10-25(11-14-28)21-26(22-40(33(41)42)34(3,4)5)29-15-12-27(20-24(29)2)37-45-35(6,7)36(8,9)46-37/h10-15,18-20,26H,16-17,21-22H2,1-9H3,(H,41,42). The van der Waals surface area contributed by atoms with Crippen molar-refractivity contribution in [3.05, 3.63) is 86.9 Å². The number of hydrogen-bond acceptors (Lipinski definition) is 5. The summed E-state index contributed by atoms with van der Waals surface area (Å²) in [7, 11) is -0.467. The maximum Gasteiger partial charge on any atom is 0.494 e. The minimum absolute atomic E-state index is 0.0909. The predicted molar refractivity (Wildman–Crippen MR) is 186 cm³/mol. The molecular formula is C36H46BCl2NO6. The fourth-order valence-corrected chi connectivity index (χ4v) is 6.25. The zero-order chi connectivity index (χ0) is 34.0. The van der Waals surface area contributed by atoms with E-state index in [2.05, 4.69) is 19.1 Å². The van der Waals surface area contributed by atoms with Gasteiger partial charge in [0.1, 0.15) is 19.0 Å². The molecule has 0 aromatic heterocycles. The highest BCUT2D eigenvalue weighted by Gasteiger charge is 2.51. The molecule has 1 N–H and O–H groups in total. The van der Waals surface area contributed by atoms with Crippen LogP contribution in [-0.2, 0) is 15.7 Å². The molecule has 3 aromatic carbocycles. The molecule has 46 heavy (non-hydrogen) atoms. The molecule has 4 rings (SSSR count). The van der Waals surface area contributed by atoms with Crippen LogP contribution in [-0.4, -0.2) is 59.7 Å². The average Bonchev–Trinajstić information content (AvgIpc) is 3.16. The minimum Gasteiger partial charge on any atom is -0.490 e. The first-order chi connectivity index (χ1) is 21.4. The molecule has 248 valence electrons. The molecule has 7 nitrogen and oxygen atoms in total. The van der Waals surface area contributed by atoms with Gasteiger partial charge in [0.25, 0.3) is 0 Å². The summed E-state index contributed by atoms with van der Waals surface area (Å²) in [5.41, 5.74) is 3.69. The first-order valence-electron chi connectivity index (χ1n) is 15.6. The lowest BCUT2D eigenvalue weighted by molar-refractivity contribution is 0.00578. The number of halogens is 2. The van der Waals surface area contributed by atoms with Gasteiger partial charge in [-0.1, -0.05) is 53.5 Å². The Balaban J connectivity index is 1.49. The van der Waals surface area contributed by atoms with Crippen molar-refractivity contribution in [2.24, 2.45) is 0 Å². The zero-order valence-electron chi connectivity index (χ0n) is 28.4. The minimum atomic E-state index is -0.942. The molecule has 1 atom stereocenters. The summed E-state index contributed by atoms with van der Waals surface area (Å²) in [4.78, 5) is 13.9. The van der Waals surface area contributed by atoms with Crippen LogP contribution in [0, 0.1) is 13.8 Å². The van der Waals surface area contributed by atoms with Gasteiger partial charge in [0, 0.05) is 18.0 Å². The SMILES string of the molecule is Cc1cc(Cl)c(OCCOc2ccc(CC(CN(C(=O)O)C(C)(C)C)c3ccc(B4OC(C)(C)C(C)(C)O4)cc3C)cc2)c(Cl)c1. The van der Waals surface area contributed by atoms with Gasteiger partial charge in [0.2, 0.25) is 0 Å². The molecule has 0 radical (unpaired) electrons. The number of nitrogens with zero attached hydrogens (tertiary/aromatic N) is 1. The van der Waals surface area contributed by atoms with Crippen LogP contribution in [0.15, 0.2) is 54.6 Å². The third-order valence-corrected chi connectivity index (χ3v) is 9.41. The molecule has 1 saturated heterocycles. The van der Waals surface area contributed by atoms with Crippen molar-refractivity contribution in [1.29, 1.82) is 0 Å². The molecule has 10 heteroatoms. The highest BCUT2D eigenvalue weighted by Crippen LogP contribution is 2.37. The number of hydrogen-bond donors (Lipinski definition) is 1. The predicted octanol–water partition coefficient (Wildman–Crippen LogP) is 8.47. The third-order valence-electron chi connectivity index (χ3n) is 8.85. The summed E-state index contributed by atoms with van der Waals surface area (Å²) < 4.78 is 24.2. The largest absolute Gasteiger partial charge is 0.494 e. The molecule has 1 aliphatic heterocycles. The number of benzene rings is 3. The lowest BCUT2D eigenvalue weighted by Crippen LogP contribution is -2.47. The quantitative estimate of drug-likeness (QED) is 0.163. The topological polar surface area (TPSA) is 77.5 Å². The van der Waals surface area contributed by atoms with E-state index in [1.807, 2.05) is 97.9 Å². The zero-order valence-corrected chi connectivity index (χ0v) is 29.9. The summed E-state index contributed by atoms with van der Waals surface area (Å²) in [6.45, 7) is 18.8. The highest BCUT2D eigenvalue weighted by atomic mass is 35.5. The van der Waals surface area contributed by atoms with E-state index < -0.39 is 30.0 Å². The maximum absolute atomic E-state index is 12.4. The van der Waals surface area contributed by atoms with Crippen LogP contribution < -0.4 is 14.9 Å². The molecule has 1 aliphatic rings. The van der Waals surface area contributed by atoms with Crippen molar-refractivity contribution in [2.75, 3.05) is 19.8 Å². The van der Waals surface area contributed by atoms with Crippen LogP contribution in [0.4, 0.5) is 4.79 Å².